The van der Waals surface area contributed by atoms with Crippen molar-refractivity contribution < 1.29 is 23.4 Å². The first-order chi connectivity index (χ1) is 8.30. The van der Waals surface area contributed by atoms with E-state index in [-0.39, 0.29) is 25.3 Å². The highest BCUT2D eigenvalue weighted by Gasteiger charge is 2.41. The normalized spacial score (nSPS) is 40.2. The number of morpholine rings is 1. The van der Waals surface area contributed by atoms with Crippen LogP contribution in [-0.4, -0.2) is 77.8 Å². The molecule has 2 aliphatic heterocycles. The molecule has 2 saturated heterocycles. The van der Waals surface area contributed by atoms with Gasteiger partial charge in [0.25, 0.3) is 10.2 Å². The molecule has 0 radical (unpaired) electrons. The molecular formula is C10H20N2O5S. The lowest BCUT2D eigenvalue weighted by molar-refractivity contribution is -0.0453. The monoisotopic (exact) mass is 280 g/mol. The molecule has 0 spiro atoms. The maximum atomic E-state index is 12.3. The van der Waals surface area contributed by atoms with Crippen LogP contribution in [0, 0.1) is 0 Å². The summed E-state index contributed by atoms with van der Waals surface area (Å²) >= 11 is 0. The van der Waals surface area contributed by atoms with E-state index in [9.17, 15) is 18.6 Å². The molecule has 0 amide bonds. The first kappa shape index (κ1) is 14.2. The van der Waals surface area contributed by atoms with Gasteiger partial charge in [0.2, 0.25) is 0 Å². The van der Waals surface area contributed by atoms with Gasteiger partial charge in [0.15, 0.2) is 0 Å². The van der Waals surface area contributed by atoms with Gasteiger partial charge in [-0.25, -0.2) is 0 Å². The van der Waals surface area contributed by atoms with Gasteiger partial charge in [-0.05, 0) is 13.8 Å². The van der Waals surface area contributed by atoms with Gasteiger partial charge in [-0.3, -0.25) is 0 Å². The van der Waals surface area contributed by atoms with Gasteiger partial charge in [-0.1, -0.05) is 0 Å². The van der Waals surface area contributed by atoms with E-state index in [1.165, 1.54) is 4.31 Å². The van der Waals surface area contributed by atoms with Crippen molar-refractivity contribution in [1.82, 2.24) is 8.61 Å². The Morgan fingerprint density at radius 1 is 0.944 bits per heavy atom. The zero-order valence-electron chi connectivity index (χ0n) is 10.6. The van der Waals surface area contributed by atoms with E-state index in [2.05, 4.69) is 0 Å². The molecule has 0 bridgehead atoms. The molecule has 2 rings (SSSR count). The van der Waals surface area contributed by atoms with Crippen molar-refractivity contribution in [3.63, 3.8) is 0 Å². The molecule has 2 N–H and O–H groups in total. The quantitative estimate of drug-likeness (QED) is 0.634. The second kappa shape index (κ2) is 5.03. The maximum absolute atomic E-state index is 12.3. The van der Waals surface area contributed by atoms with E-state index < -0.39 is 22.4 Å². The minimum atomic E-state index is -3.63. The van der Waals surface area contributed by atoms with Gasteiger partial charge in [0, 0.05) is 26.2 Å². The summed E-state index contributed by atoms with van der Waals surface area (Å²) in [6, 6.07) is 0. The lowest BCUT2D eigenvalue weighted by Crippen LogP contribution is -2.52. The predicted octanol–water partition coefficient (Wildman–Crippen LogP) is -1.62. The molecule has 4 atom stereocenters. The molecular weight excluding hydrogens is 260 g/mol. The van der Waals surface area contributed by atoms with Crippen LogP contribution < -0.4 is 0 Å². The molecule has 106 valence electrons. The summed E-state index contributed by atoms with van der Waals surface area (Å²) in [7, 11) is -3.63. The predicted molar refractivity (Wildman–Crippen MR) is 64.1 cm³/mol. The molecule has 0 aromatic rings. The number of ether oxygens (including phenoxy) is 1. The molecule has 0 aromatic carbocycles. The standard InChI is InChI=1S/C10H20N2O5S/c1-7-3-11(4-8(2)17-7)18(15,16)12-5-9(13)10(14)6-12/h7-10,13-14H,3-6H2,1-2H3. The number of hydrogen-bond acceptors (Lipinski definition) is 5. The highest BCUT2D eigenvalue weighted by Crippen LogP contribution is 2.21. The number of aliphatic hydroxyl groups excluding tert-OH is 2. The Hall–Kier alpha value is -0.250. The lowest BCUT2D eigenvalue weighted by Gasteiger charge is -2.36. The van der Waals surface area contributed by atoms with Crippen LogP contribution in [0.5, 0.6) is 0 Å². The third-order valence-electron chi connectivity index (χ3n) is 3.26. The Morgan fingerprint density at radius 2 is 1.33 bits per heavy atom. The number of hydrogen-bond donors (Lipinski definition) is 2. The first-order valence-electron chi connectivity index (χ1n) is 6.07. The largest absolute Gasteiger partial charge is 0.389 e. The summed E-state index contributed by atoms with van der Waals surface area (Å²) < 4.78 is 32.7. The second-order valence-corrected chi connectivity index (χ2v) is 6.96. The third-order valence-corrected chi connectivity index (χ3v) is 5.17. The fourth-order valence-electron chi connectivity index (χ4n) is 2.41. The number of rotatable bonds is 2. The Labute approximate surface area is 107 Å². The molecule has 2 aliphatic rings. The number of nitrogens with zero attached hydrogens (tertiary/aromatic N) is 2. The average molecular weight is 280 g/mol. The van der Waals surface area contributed by atoms with Crippen molar-refractivity contribution in [2.45, 2.75) is 38.3 Å². The Bertz CT molecular complexity index is 381. The molecule has 0 saturated carbocycles. The van der Waals surface area contributed by atoms with Crippen LogP contribution in [0.3, 0.4) is 0 Å². The van der Waals surface area contributed by atoms with Crippen molar-refractivity contribution in [3.8, 4) is 0 Å². The van der Waals surface area contributed by atoms with Crippen LogP contribution in [0.25, 0.3) is 0 Å². The fraction of sp³-hybridized carbons (Fsp3) is 1.00. The summed E-state index contributed by atoms with van der Waals surface area (Å²) in [6.07, 6.45) is -2.31. The van der Waals surface area contributed by atoms with E-state index in [1.807, 2.05) is 13.8 Å². The summed E-state index contributed by atoms with van der Waals surface area (Å²) in [6.45, 7) is 4.15. The van der Waals surface area contributed by atoms with E-state index in [4.69, 9.17) is 4.74 Å². The summed E-state index contributed by atoms with van der Waals surface area (Å²) in [5.41, 5.74) is 0. The van der Waals surface area contributed by atoms with Crippen LogP contribution in [-0.2, 0) is 14.9 Å². The van der Waals surface area contributed by atoms with E-state index in [0.717, 1.165) is 4.31 Å². The van der Waals surface area contributed by atoms with Gasteiger partial charge in [0.1, 0.15) is 0 Å². The van der Waals surface area contributed by atoms with E-state index in [0.29, 0.717) is 13.1 Å². The molecule has 0 aromatic heterocycles. The van der Waals surface area contributed by atoms with Crippen LogP contribution in [0.15, 0.2) is 0 Å². The average Bonchev–Trinajstić information content (AvgIpc) is 2.58. The van der Waals surface area contributed by atoms with Crippen molar-refractivity contribution in [1.29, 1.82) is 0 Å². The minimum Gasteiger partial charge on any atom is -0.389 e. The molecule has 7 nitrogen and oxygen atoms in total. The molecule has 8 heteroatoms. The molecule has 0 aliphatic carbocycles. The summed E-state index contributed by atoms with van der Waals surface area (Å²) in [5, 5.41) is 18.9. The van der Waals surface area contributed by atoms with E-state index in [1.54, 1.807) is 0 Å². The zero-order chi connectivity index (χ0) is 13.5. The van der Waals surface area contributed by atoms with Gasteiger partial charge in [-0.2, -0.15) is 17.0 Å². The zero-order valence-corrected chi connectivity index (χ0v) is 11.4. The highest BCUT2D eigenvalue weighted by atomic mass is 32.2. The Morgan fingerprint density at radius 3 is 1.78 bits per heavy atom. The summed E-state index contributed by atoms with van der Waals surface area (Å²) in [5.74, 6) is 0. The van der Waals surface area contributed by atoms with Gasteiger partial charge in [-0.15, -0.1) is 0 Å². The molecule has 2 heterocycles. The topological polar surface area (TPSA) is 90.3 Å². The number of β-amino-alcohol motifs (C(OH)–C–C–N with tert-alkyl or cyclic N) is 2. The highest BCUT2D eigenvalue weighted by molar-refractivity contribution is 7.86. The fourth-order valence-corrected chi connectivity index (χ4v) is 4.21. The SMILES string of the molecule is CC1CN(S(=O)(=O)N2CC(O)C(O)C2)CC(C)O1. The summed E-state index contributed by atoms with van der Waals surface area (Å²) in [4.78, 5) is 0. The van der Waals surface area contributed by atoms with Crippen molar-refractivity contribution >= 4 is 10.2 Å². The minimum absolute atomic E-state index is 0.0520. The second-order valence-electron chi connectivity index (χ2n) is 5.03. The molecule has 2 fully saturated rings. The van der Waals surface area contributed by atoms with Crippen LogP contribution in [0.4, 0.5) is 0 Å². The van der Waals surface area contributed by atoms with Crippen molar-refractivity contribution in [2.24, 2.45) is 0 Å². The Kier molecular flexibility index (Phi) is 3.96. The van der Waals surface area contributed by atoms with Gasteiger partial charge >= 0.3 is 0 Å². The smallest absolute Gasteiger partial charge is 0.282 e. The Balaban J connectivity index is 2.11. The maximum Gasteiger partial charge on any atom is 0.282 e. The lowest BCUT2D eigenvalue weighted by atomic mass is 10.3. The van der Waals surface area contributed by atoms with Gasteiger partial charge in [0.05, 0.1) is 24.4 Å². The third kappa shape index (κ3) is 2.68. The van der Waals surface area contributed by atoms with Crippen molar-refractivity contribution in [3.05, 3.63) is 0 Å². The first-order valence-corrected chi connectivity index (χ1v) is 7.47. The van der Waals surface area contributed by atoms with Gasteiger partial charge < -0.3 is 14.9 Å². The van der Waals surface area contributed by atoms with E-state index >= 15 is 0 Å². The number of aliphatic hydroxyl groups is 2. The molecule has 18 heavy (non-hydrogen) atoms. The van der Waals surface area contributed by atoms with Crippen LogP contribution in [0.1, 0.15) is 13.8 Å². The van der Waals surface area contributed by atoms with Crippen molar-refractivity contribution in [2.75, 3.05) is 26.2 Å². The van der Waals surface area contributed by atoms with Crippen LogP contribution in [0.2, 0.25) is 0 Å². The molecule has 4 unspecified atom stereocenters. The van der Waals surface area contributed by atoms with Crippen LogP contribution >= 0.6 is 0 Å².